The summed E-state index contributed by atoms with van der Waals surface area (Å²) in [7, 11) is 1.35. The van der Waals surface area contributed by atoms with Crippen LogP contribution in [0.4, 0.5) is 10.6 Å². The van der Waals surface area contributed by atoms with Crippen molar-refractivity contribution in [3.63, 3.8) is 0 Å². The number of nitrogens with two attached hydrogens (primary N) is 1. The van der Waals surface area contributed by atoms with E-state index in [1.165, 1.54) is 11.6 Å². The van der Waals surface area contributed by atoms with Gasteiger partial charge in [0.1, 0.15) is 17.0 Å². The number of nitrogens with one attached hydrogen (secondary N) is 1. The Morgan fingerprint density at radius 2 is 1.77 bits per heavy atom. The number of rotatable bonds is 6. The van der Waals surface area contributed by atoms with Crippen LogP contribution in [-0.4, -0.2) is 57.2 Å². The molecule has 1 aliphatic rings. The molecule has 31 heavy (non-hydrogen) atoms. The number of hydrogen-bond acceptors (Lipinski definition) is 7. The fourth-order valence-electron chi connectivity index (χ4n) is 3.58. The van der Waals surface area contributed by atoms with E-state index in [0.717, 1.165) is 4.57 Å². The van der Waals surface area contributed by atoms with Crippen LogP contribution < -0.4 is 22.3 Å². The van der Waals surface area contributed by atoms with Gasteiger partial charge in [-0.1, -0.05) is 13.8 Å². The van der Waals surface area contributed by atoms with Crippen molar-refractivity contribution in [2.75, 3.05) is 25.4 Å². The molecule has 0 unspecified atom stereocenters. The minimum atomic E-state index is -0.672. The first kappa shape index (κ1) is 24.6. The molecule has 3 N–H and O–H groups in total. The normalized spacial score (nSPS) is 15.8. The van der Waals surface area contributed by atoms with E-state index in [-0.39, 0.29) is 29.9 Å². The van der Waals surface area contributed by atoms with Gasteiger partial charge < -0.3 is 15.8 Å². The lowest BCUT2D eigenvalue weighted by Crippen LogP contribution is -2.48. The number of ketones is 1. The van der Waals surface area contributed by atoms with Crippen LogP contribution in [0.5, 0.6) is 0 Å². The van der Waals surface area contributed by atoms with Gasteiger partial charge >= 0.3 is 11.8 Å². The Bertz CT molecular complexity index is 933. The lowest BCUT2D eigenvalue weighted by atomic mass is 10.0. The predicted molar refractivity (Wildman–Crippen MR) is 118 cm³/mol. The Hall–Kier alpha value is -2.62. The van der Waals surface area contributed by atoms with Gasteiger partial charge in [0.2, 0.25) is 0 Å². The van der Waals surface area contributed by atoms with Gasteiger partial charge in [-0.25, -0.2) is 9.59 Å². The van der Waals surface area contributed by atoms with Gasteiger partial charge in [-0.15, -0.1) is 0 Å². The van der Waals surface area contributed by atoms with Gasteiger partial charge in [-0.05, 0) is 39.5 Å². The predicted octanol–water partition coefficient (Wildman–Crippen LogP) is 0.957. The maximum Gasteiger partial charge on any atom is 0.407 e. The summed E-state index contributed by atoms with van der Waals surface area (Å²) in [5.41, 5.74) is 4.18. The first-order chi connectivity index (χ1) is 14.3. The summed E-state index contributed by atoms with van der Waals surface area (Å²) >= 11 is 0. The molecule has 10 heteroatoms. The average molecular weight is 438 g/mol. The molecule has 0 saturated carbocycles. The lowest BCUT2D eigenvalue weighted by molar-refractivity contribution is 0.0476. The van der Waals surface area contributed by atoms with E-state index < -0.39 is 28.7 Å². The van der Waals surface area contributed by atoms with Gasteiger partial charge in [0, 0.05) is 32.7 Å². The summed E-state index contributed by atoms with van der Waals surface area (Å²) < 4.78 is 7.50. The molecule has 0 radical (unpaired) electrons. The van der Waals surface area contributed by atoms with Crippen LogP contribution in [0.25, 0.3) is 0 Å². The van der Waals surface area contributed by atoms with E-state index in [2.05, 4.69) is 5.32 Å². The maximum absolute atomic E-state index is 12.9. The zero-order valence-electron chi connectivity index (χ0n) is 19.4. The zero-order valence-corrected chi connectivity index (χ0v) is 19.4. The third kappa shape index (κ3) is 6.43. The second-order valence-electron chi connectivity index (χ2n) is 9.53. The number of nitrogen functional groups attached to an aromatic ring is 1. The number of aromatic nitrogens is 2. The Kier molecular flexibility index (Phi) is 7.69. The Labute approximate surface area is 182 Å². The van der Waals surface area contributed by atoms with Gasteiger partial charge in [0.05, 0.1) is 6.54 Å². The number of carbonyl (C=O) groups excluding carboxylic acids is 2. The molecular weight excluding hydrogens is 402 g/mol. The summed E-state index contributed by atoms with van der Waals surface area (Å²) in [6.45, 7) is 10.8. The fourth-order valence-corrected chi connectivity index (χ4v) is 3.58. The molecule has 10 nitrogen and oxygen atoms in total. The first-order valence-corrected chi connectivity index (χ1v) is 10.6. The van der Waals surface area contributed by atoms with E-state index in [0.29, 0.717) is 32.5 Å². The van der Waals surface area contributed by atoms with E-state index in [9.17, 15) is 19.2 Å². The summed E-state index contributed by atoms with van der Waals surface area (Å²) in [5.74, 6) is -0.362. The summed E-state index contributed by atoms with van der Waals surface area (Å²) in [5, 5.41) is 2.85. The van der Waals surface area contributed by atoms with E-state index in [4.69, 9.17) is 10.5 Å². The largest absolute Gasteiger partial charge is 0.444 e. The summed E-state index contributed by atoms with van der Waals surface area (Å²) in [4.78, 5) is 51.8. The first-order valence-electron chi connectivity index (χ1n) is 10.6. The van der Waals surface area contributed by atoms with Crippen molar-refractivity contribution in [2.24, 2.45) is 13.0 Å². The van der Waals surface area contributed by atoms with Crippen LogP contribution in [-0.2, 0) is 18.3 Å². The van der Waals surface area contributed by atoms with Crippen molar-refractivity contribution in [3.05, 3.63) is 26.4 Å². The highest BCUT2D eigenvalue weighted by Gasteiger charge is 2.27. The molecule has 1 amide bonds. The number of hydrogen-bond donors (Lipinski definition) is 2. The van der Waals surface area contributed by atoms with Crippen molar-refractivity contribution < 1.29 is 14.3 Å². The second-order valence-corrected chi connectivity index (χ2v) is 9.53. The number of ether oxygens (including phenoxy) is 1. The number of alkyl carbamates (subject to hydrolysis) is 1. The molecule has 1 saturated heterocycles. The molecule has 0 aliphatic carbocycles. The standard InChI is InChI=1S/C21H35N5O5/c1-13(2)11-26-17(22)16(18(28)24(6)20(26)30)15(27)12-25-9-7-14(8-10-25)23-19(29)31-21(3,4)5/h13-14H,7-12,22H2,1-6H3,(H,23,29). The Morgan fingerprint density at radius 3 is 2.29 bits per heavy atom. The molecule has 0 bridgehead atoms. The summed E-state index contributed by atoms with van der Waals surface area (Å²) in [6, 6.07) is -0.0351. The fraction of sp³-hybridized carbons (Fsp3) is 0.714. The van der Waals surface area contributed by atoms with Crippen molar-refractivity contribution in [1.29, 1.82) is 0 Å². The summed E-state index contributed by atoms with van der Waals surface area (Å²) in [6.07, 6.45) is 0.866. The number of carbonyl (C=O) groups is 2. The second kappa shape index (κ2) is 9.67. The molecule has 2 heterocycles. The maximum atomic E-state index is 12.9. The van der Waals surface area contributed by atoms with E-state index in [1.807, 2.05) is 18.7 Å². The van der Waals surface area contributed by atoms with Crippen LogP contribution in [0, 0.1) is 5.92 Å². The zero-order chi connectivity index (χ0) is 23.5. The third-order valence-electron chi connectivity index (χ3n) is 5.09. The molecule has 0 spiro atoms. The molecule has 0 aromatic carbocycles. The van der Waals surface area contributed by atoms with E-state index in [1.54, 1.807) is 20.8 Å². The quantitative estimate of drug-likeness (QED) is 0.634. The van der Waals surface area contributed by atoms with Crippen LogP contribution in [0.2, 0.25) is 0 Å². The van der Waals surface area contributed by atoms with Gasteiger partial charge in [-0.2, -0.15) is 0 Å². The van der Waals surface area contributed by atoms with Crippen molar-refractivity contribution in [2.45, 2.75) is 65.6 Å². The van der Waals surface area contributed by atoms with Crippen LogP contribution in [0.3, 0.4) is 0 Å². The van der Waals surface area contributed by atoms with Crippen molar-refractivity contribution in [3.8, 4) is 0 Å². The highest BCUT2D eigenvalue weighted by Crippen LogP contribution is 2.14. The van der Waals surface area contributed by atoms with Gasteiger partial charge in [0.25, 0.3) is 5.56 Å². The van der Waals surface area contributed by atoms with Gasteiger partial charge in [0.15, 0.2) is 5.78 Å². The van der Waals surface area contributed by atoms with E-state index >= 15 is 0 Å². The molecule has 1 aromatic rings. The molecule has 1 aliphatic heterocycles. The molecule has 2 rings (SSSR count). The molecule has 0 atom stereocenters. The molecule has 174 valence electrons. The topological polar surface area (TPSA) is 129 Å². The minimum Gasteiger partial charge on any atom is -0.444 e. The number of Topliss-reactive ketones (excluding diaryl/α,β-unsaturated/α-hetero) is 1. The number of likely N-dealkylation sites (tertiary alicyclic amines) is 1. The van der Waals surface area contributed by atoms with Crippen molar-refractivity contribution >= 4 is 17.7 Å². The molecule has 1 aromatic heterocycles. The van der Waals surface area contributed by atoms with Crippen LogP contribution in [0.15, 0.2) is 9.59 Å². The van der Waals surface area contributed by atoms with Crippen molar-refractivity contribution in [1.82, 2.24) is 19.4 Å². The monoisotopic (exact) mass is 437 g/mol. The number of piperidine rings is 1. The molecular formula is C21H35N5O5. The minimum absolute atomic E-state index is 0.0263. The highest BCUT2D eigenvalue weighted by molar-refractivity contribution is 6.01. The number of amides is 1. The van der Waals surface area contributed by atoms with Gasteiger partial charge in [-0.3, -0.25) is 23.6 Å². The Balaban J connectivity index is 2.05. The smallest absolute Gasteiger partial charge is 0.407 e. The van der Waals surface area contributed by atoms with Crippen LogP contribution >= 0.6 is 0 Å². The lowest BCUT2D eigenvalue weighted by Gasteiger charge is -2.32. The highest BCUT2D eigenvalue weighted by atomic mass is 16.6. The van der Waals surface area contributed by atoms with Crippen LogP contribution in [0.1, 0.15) is 57.8 Å². The molecule has 1 fully saturated rings. The third-order valence-corrected chi connectivity index (χ3v) is 5.09. The number of anilines is 1. The SMILES string of the molecule is CC(C)Cn1c(N)c(C(=O)CN2CCC(NC(=O)OC(C)(C)C)CC2)c(=O)n(C)c1=O. The Morgan fingerprint density at radius 1 is 1.19 bits per heavy atom. The average Bonchev–Trinajstić information content (AvgIpc) is 2.63. The number of nitrogens with zero attached hydrogens (tertiary/aromatic N) is 3.